The van der Waals surface area contributed by atoms with Crippen LogP contribution in [0.3, 0.4) is 0 Å². The summed E-state index contributed by atoms with van der Waals surface area (Å²) in [4.78, 5) is 8.97. The lowest BCUT2D eigenvalue weighted by Gasteiger charge is -2.27. The molecule has 9 heteroatoms. The van der Waals surface area contributed by atoms with Gasteiger partial charge in [0, 0.05) is 13.0 Å². The van der Waals surface area contributed by atoms with Crippen molar-refractivity contribution in [2.24, 2.45) is 5.92 Å². The van der Waals surface area contributed by atoms with Crippen LogP contribution in [-0.2, 0) is 16.4 Å². The molecule has 3 rings (SSSR count). The number of para-hydroxylation sites is 2. The summed E-state index contributed by atoms with van der Waals surface area (Å²) >= 11 is 6.50. The van der Waals surface area contributed by atoms with E-state index in [1.165, 1.54) is 11.4 Å². The summed E-state index contributed by atoms with van der Waals surface area (Å²) in [6.07, 6.45) is 0.475. The zero-order chi connectivity index (χ0) is 23.3. The molecule has 0 spiro atoms. The Morgan fingerprint density at radius 3 is 2.22 bits per heavy atom. The number of hydrogen-bond donors (Lipinski definition) is 0. The second-order valence-corrected chi connectivity index (χ2v) is 9.65. The van der Waals surface area contributed by atoms with E-state index in [9.17, 15) is 8.42 Å². The van der Waals surface area contributed by atoms with Crippen molar-refractivity contribution in [3.63, 3.8) is 0 Å². The predicted octanol–water partition coefficient (Wildman–Crippen LogP) is 5.34. The molecule has 0 N–H and O–H groups in total. The third-order valence-electron chi connectivity index (χ3n) is 4.55. The van der Waals surface area contributed by atoms with Crippen molar-refractivity contribution in [2.45, 2.75) is 32.1 Å². The monoisotopic (exact) mass is 475 g/mol. The highest BCUT2D eigenvalue weighted by Crippen LogP contribution is 2.41. The zero-order valence-electron chi connectivity index (χ0n) is 18.4. The molecule has 3 aromatic rings. The summed E-state index contributed by atoms with van der Waals surface area (Å²) in [7, 11) is -2.43. The first-order valence-electron chi connectivity index (χ1n) is 10.2. The van der Waals surface area contributed by atoms with Crippen molar-refractivity contribution in [2.75, 3.05) is 18.0 Å². The van der Waals surface area contributed by atoms with Crippen LogP contribution in [-0.4, -0.2) is 32.0 Å². The smallest absolute Gasteiger partial charge is 0.265 e. The maximum absolute atomic E-state index is 13.6. The highest BCUT2D eigenvalue weighted by atomic mass is 35.5. The fraction of sp³-hybridized carbons (Fsp3) is 0.304. The molecular weight excluding hydrogens is 450 g/mol. The van der Waals surface area contributed by atoms with Crippen molar-refractivity contribution in [3.05, 3.63) is 65.6 Å². The molecule has 0 unspecified atom stereocenters. The van der Waals surface area contributed by atoms with Crippen molar-refractivity contribution in [1.29, 1.82) is 0 Å². The molecule has 0 aliphatic rings. The zero-order valence-corrected chi connectivity index (χ0v) is 20.0. The number of sulfonamides is 1. The number of aromatic nitrogens is 2. The summed E-state index contributed by atoms with van der Waals surface area (Å²) < 4.78 is 40.0. The van der Waals surface area contributed by atoms with Crippen LogP contribution >= 0.6 is 11.6 Å². The molecule has 0 aliphatic carbocycles. The number of hydrogen-bond acceptors (Lipinski definition) is 6. The van der Waals surface area contributed by atoms with Gasteiger partial charge in [-0.25, -0.2) is 22.7 Å². The number of ether oxygens (including phenoxy) is 2. The lowest BCUT2D eigenvalue weighted by Crippen LogP contribution is -2.35. The minimum atomic E-state index is -3.95. The van der Waals surface area contributed by atoms with Crippen LogP contribution in [0.4, 0.5) is 5.82 Å². The molecule has 1 heterocycles. The third kappa shape index (κ3) is 5.14. The first kappa shape index (κ1) is 23.8. The molecule has 0 radical (unpaired) electrons. The number of nitrogens with zero attached hydrogens (tertiary/aromatic N) is 3. The number of methoxy groups -OCH3 is 1. The topological polar surface area (TPSA) is 81.6 Å². The SMILES string of the molecule is CCc1nc(Cl)c(Oc2ccccc2OC)c(N(CC(C)C)S(=O)(=O)c2ccccc2)n1. The van der Waals surface area contributed by atoms with Crippen molar-refractivity contribution in [1.82, 2.24) is 9.97 Å². The van der Waals surface area contributed by atoms with Gasteiger partial charge in [0.2, 0.25) is 5.75 Å². The molecule has 2 aromatic carbocycles. The summed E-state index contributed by atoms with van der Waals surface area (Å²) in [5.41, 5.74) is 0. The van der Waals surface area contributed by atoms with E-state index in [2.05, 4.69) is 9.97 Å². The van der Waals surface area contributed by atoms with Crippen LogP contribution in [0.2, 0.25) is 5.15 Å². The summed E-state index contributed by atoms with van der Waals surface area (Å²) in [6, 6.07) is 15.2. The van der Waals surface area contributed by atoms with Gasteiger partial charge >= 0.3 is 0 Å². The Hall–Kier alpha value is -2.84. The molecule has 1 aromatic heterocycles. The first-order valence-corrected chi connectivity index (χ1v) is 12.0. The largest absolute Gasteiger partial charge is 0.493 e. The molecule has 0 saturated carbocycles. The van der Waals surface area contributed by atoms with Crippen LogP contribution in [0.15, 0.2) is 59.5 Å². The van der Waals surface area contributed by atoms with Crippen LogP contribution in [0, 0.1) is 5.92 Å². The van der Waals surface area contributed by atoms with Gasteiger partial charge in [0.1, 0.15) is 5.82 Å². The highest BCUT2D eigenvalue weighted by molar-refractivity contribution is 7.92. The van der Waals surface area contributed by atoms with E-state index in [0.717, 1.165) is 0 Å². The maximum atomic E-state index is 13.6. The average Bonchev–Trinajstić information content (AvgIpc) is 2.79. The van der Waals surface area contributed by atoms with Crippen LogP contribution in [0.1, 0.15) is 26.6 Å². The van der Waals surface area contributed by atoms with Gasteiger partial charge in [-0.2, -0.15) is 0 Å². The molecule has 0 atom stereocenters. The Balaban J connectivity index is 2.22. The second kappa shape index (κ2) is 10.2. The Bertz CT molecular complexity index is 1170. The molecule has 170 valence electrons. The van der Waals surface area contributed by atoms with E-state index in [0.29, 0.717) is 23.7 Å². The van der Waals surface area contributed by atoms with Crippen LogP contribution in [0.25, 0.3) is 0 Å². The number of anilines is 1. The lowest BCUT2D eigenvalue weighted by molar-refractivity contribution is 0.378. The summed E-state index contributed by atoms with van der Waals surface area (Å²) in [6.45, 7) is 5.90. The van der Waals surface area contributed by atoms with Gasteiger partial charge in [0.15, 0.2) is 22.5 Å². The first-order chi connectivity index (χ1) is 15.3. The summed E-state index contributed by atoms with van der Waals surface area (Å²) in [5.74, 6) is 1.39. The van der Waals surface area contributed by atoms with E-state index in [1.54, 1.807) is 54.6 Å². The van der Waals surface area contributed by atoms with Gasteiger partial charge in [0.05, 0.1) is 12.0 Å². The van der Waals surface area contributed by atoms with Crippen molar-refractivity contribution < 1.29 is 17.9 Å². The number of halogens is 1. The highest BCUT2D eigenvalue weighted by Gasteiger charge is 2.32. The second-order valence-electron chi connectivity index (χ2n) is 7.43. The van der Waals surface area contributed by atoms with Crippen LogP contribution < -0.4 is 13.8 Å². The normalized spacial score (nSPS) is 11.4. The van der Waals surface area contributed by atoms with E-state index >= 15 is 0 Å². The van der Waals surface area contributed by atoms with E-state index < -0.39 is 10.0 Å². The number of aryl methyl sites for hydroxylation is 1. The fourth-order valence-corrected chi connectivity index (χ4v) is 4.85. The van der Waals surface area contributed by atoms with Gasteiger partial charge in [-0.3, -0.25) is 0 Å². The van der Waals surface area contributed by atoms with Crippen LogP contribution in [0.5, 0.6) is 17.2 Å². The molecule has 0 amide bonds. The Morgan fingerprint density at radius 2 is 1.62 bits per heavy atom. The fourth-order valence-electron chi connectivity index (χ4n) is 3.03. The van der Waals surface area contributed by atoms with Crippen molar-refractivity contribution >= 4 is 27.4 Å². The standard InChI is InChI=1S/C23H26ClN3O4S/c1-5-20-25-22(24)21(31-19-14-10-9-13-18(19)30-4)23(26-20)27(15-16(2)3)32(28,29)17-11-7-6-8-12-17/h6-14,16H,5,15H2,1-4H3. The van der Waals surface area contributed by atoms with Gasteiger partial charge in [-0.15, -0.1) is 0 Å². The molecule has 0 fully saturated rings. The van der Waals surface area contributed by atoms with Gasteiger partial charge in [-0.1, -0.05) is 62.7 Å². The van der Waals surface area contributed by atoms with Gasteiger partial charge in [-0.05, 0) is 30.2 Å². The number of rotatable bonds is 9. The minimum absolute atomic E-state index is 0.00594. The van der Waals surface area contributed by atoms with E-state index in [4.69, 9.17) is 21.1 Å². The molecule has 7 nitrogen and oxygen atoms in total. The lowest BCUT2D eigenvalue weighted by atomic mass is 10.2. The molecular formula is C23H26ClN3O4S. The maximum Gasteiger partial charge on any atom is 0.265 e. The number of benzene rings is 2. The average molecular weight is 476 g/mol. The third-order valence-corrected chi connectivity index (χ3v) is 6.57. The Labute approximate surface area is 194 Å². The van der Waals surface area contributed by atoms with Gasteiger partial charge in [0.25, 0.3) is 10.0 Å². The van der Waals surface area contributed by atoms with Crippen molar-refractivity contribution in [3.8, 4) is 17.2 Å². The molecule has 0 bridgehead atoms. The molecule has 32 heavy (non-hydrogen) atoms. The Kier molecular flexibility index (Phi) is 7.58. The summed E-state index contributed by atoms with van der Waals surface area (Å²) in [5, 5.41) is 0.0229. The molecule has 0 aliphatic heterocycles. The van der Waals surface area contributed by atoms with Gasteiger partial charge < -0.3 is 9.47 Å². The van der Waals surface area contributed by atoms with E-state index in [-0.39, 0.29) is 34.1 Å². The minimum Gasteiger partial charge on any atom is -0.493 e. The quantitative estimate of drug-likeness (QED) is 0.388. The van der Waals surface area contributed by atoms with E-state index in [1.807, 2.05) is 20.8 Å². The molecule has 0 saturated heterocycles. The Morgan fingerprint density at radius 1 is 1.00 bits per heavy atom. The predicted molar refractivity (Wildman–Crippen MR) is 125 cm³/mol.